The summed E-state index contributed by atoms with van der Waals surface area (Å²) in [5, 5.41) is 5.29. The van der Waals surface area contributed by atoms with Crippen LogP contribution in [0.2, 0.25) is 0 Å². The van der Waals surface area contributed by atoms with Crippen molar-refractivity contribution in [3.63, 3.8) is 0 Å². The molecule has 0 unspecified atom stereocenters. The van der Waals surface area contributed by atoms with E-state index in [0.29, 0.717) is 17.9 Å². The number of rotatable bonds is 9. The number of methoxy groups -OCH3 is 2. The lowest BCUT2D eigenvalue weighted by Crippen LogP contribution is -2.52. The molecule has 0 saturated carbocycles. The number of carbonyl (C=O) groups excluding carboxylic acids is 3. The highest BCUT2D eigenvalue weighted by molar-refractivity contribution is 5.90. The summed E-state index contributed by atoms with van der Waals surface area (Å²) in [7, 11) is 2.73. The first-order valence-corrected chi connectivity index (χ1v) is 8.41. The molecule has 1 rings (SSSR count). The van der Waals surface area contributed by atoms with E-state index >= 15 is 0 Å². The lowest BCUT2D eigenvalue weighted by molar-refractivity contribution is -0.145. The highest BCUT2D eigenvalue weighted by Gasteiger charge is 2.28. The molecule has 0 bridgehead atoms. The van der Waals surface area contributed by atoms with Gasteiger partial charge in [0.15, 0.2) is 0 Å². The largest absolute Gasteiger partial charge is 0.481 e. The van der Waals surface area contributed by atoms with E-state index in [1.54, 1.807) is 18.3 Å². The molecule has 2 N–H and O–H groups in total. The predicted octanol–water partition coefficient (Wildman–Crippen LogP) is 0.841. The number of hydrogen-bond donors (Lipinski definition) is 2. The first-order valence-electron chi connectivity index (χ1n) is 8.41. The Morgan fingerprint density at radius 2 is 1.85 bits per heavy atom. The van der Waals surface area contributed by atoms with Crippen molar-refractivity contribution in [2.24, 2.45) is 5.92 Å². The van der Waals surface area contributed by atoms with Crippen molar-refractivity contribution in [2.45, 2.75) is 45.7 Å². The second kappa shape index (κ2) is 10.4. The van der Waals surface area contributed by atoms with Gasteiger partial charge in [0, 0.05) is 25.1 Å². The monoisotopic (exact) mass is 365 g/mol. The van der Waals surface area contributed by atoms with Crippen molar-refractivity contribution < 1.29 is 23.9 Å². The molecular weight excluding hydrogens is 338 g/mol. The Morgan fingerprint density at radius 1 is 1.15 bits per heavy atom. The van der Waals surface area contributed by atoms with Crippen LogP contribution in [-0.2, 0) is 25.5 Å². The molecular formula is C18H27N3O5. The van der Waals surface area contributed by atoms with Gasteiger partial charge in [-0.3, -0.25) is 9.59 Å². The molecule has 8 heteroatoms. The van der Waals surface area contributed by atoms with Gasteiger partial charge in [-0.15, -0.1) is 0 Å². The third-order valence-electron chi connectivity index (χ3n) is 3.67. The molecule has 0 fully saturated rings. The van der Waals surface area contributed by atoms with E-state index in [9.17, 15) is 14.4 Å². The maximum Gasteiger partial charge on any atom is 0.328 e. The number of pyridine rings is 1. The maximum absolute atomic E-state index is 12.6. The van der Waals surface area contributed by atoms with Crippen molar-refractivity contribution >= 4 is 17.8 Å². The Labute approximate surface area is 153 Å². The molecule has 1 aromatic heterocycles. The summed E-state index contributed by atoms with van der Waals surface area (Å²) in [6.45, 7) is 5.24. The van der Waals surface area contributed by atoms with E-state index in [-0.39, 0.29) is 18.2 Å². The molecule has 26 heavy (non-hydrogen) atoms. The zero-order chi connectivity index (χ0) is 19.7. The highest BCUT2D eigenvalue weighted by atomic mass is 16.5. The zero-order valence-corrected chi connectivity index (χ0v) is 15.9. The van der Waals surface area contributed by atoms with Crippen LogP contribution in [0.3, 0.4) is 0 Å². The summed E-state index contributed by atoms with van der Waals surface area (Å²) < 4.78 is 9.98. The number of aromatic nitrogens is 1. The van der Waals surface area contributed by atoms with Crippen molar-refractivity contribution in [3.8, 4) is 5.88 Å². The van der Waals surface area contributed by atoms with E-state index < -0.39 is 24.0 Å². The zero-order valence-electron chi connectivity index (χ0n) is 15.9. The summed E-state index contributed by atoms with van der Waals surface area (Å²) in [6, 6.07) is 1.82. The van der Waals surface area contributed by atoms with Crippen LogP contribution in [0.4, 0.5) is 0 Å². The van der Waals surface area contributed by atoms with Crippen LogP contribution < -0.4 is 15.4 Å². The predicted molar refractivity (Wildman–Crippen MR) is 95.5 cm³/mol. The Balaban J connectivity index is 2.96. The SMILES string of the molecule is COC(=O)[C@@H](Cc1cccnc1OC)NC(=O)[C@H](CC(C)C)NC(C)=O. The lowest BCUT2D eigenvalue weighted by Gasteiger charge is -2.23. The molecule has 0 aliphatic carbocycles. The number of amides is 2. The van der Waals surface area contributed by atoms with Gasteiger partial charge in [-0.05, 0) is 18.4 Å². The van der Waals surface area contributed by atoms with Gasteiger partial charge >= 0.3 is 5.97 Å². The summed E-state index contributed by atoms with van der Waals surface area (Å²) in [5.74, 6) is -0.777. The minimum absolute atomic E-state index is 0.157. The van der Waals surface area contributed by atoms with E-state index in [2.05, 4.69) is 15.6 Å². The second-order valence-electron chi connectivity index (χ2n) is 6.34. The molecule has 144 valence electrons. The number of esters is 1. The molecule has 2 amide bonds. The summed E-state index contributed by atoms with van der Waals surface area (Å²) >= 11 is 0. The minimum Gasteiger partial charge on any atom is -0.481 e. The van der Waals surface area contributed by atoms with Crippen LogP contribution in [0.1, 0.15) is 32.8 Å². The minimum atomic E-state index is -0.922. The van der Waals surface area contributed by atoms with Crippen LogP contribution in [0.25, 0.3) is 0 Å². The van der Waals surface area contributed by atoms with Gasteiger partial charge in [-0.2, -0.15) is 0 Å². The third-order valence-corrected chi connectivity index (χ3v) is 3.67. The maximum atomic E-state index is 12.6. The van der Waals surface area contributed by atoms with Crippen LogP contribution in [0, 0.1) is 5.92 Å². The number of hydrogen-bond acceptors (Lipinski definition) is 6. The van der Waals surface area contributed by atoms with Crippen LogP contribution in [0.5, 0.6) is 5.88 Å². The number of nitrogens with one attached hydrogen (secondary N) is 2. The summed E-state index contributed by atoms with van der Waals surface area (Å²) in [6.07, 6.45) is 2.18. The van der Waals surface area contributed by atoms with Crippen LogP contribution >= 0.6 is 0 Å². The van der Waals surface area contributed by atoms with Crippen molar-refractivity contribution in [1.29, 1.82) is 0 Å². The quantitative estimate of drug-likeness (QED) is 0.628. The first-order chi connectivity index (χ1) is 12.3. The molecule has 0 spiro atoms. The van der Waals surface area contributed by atoms with Crippen LogP contribution in [0.15, 0.2) is 18.3 Å². The van der Waals surface area contributed by atoms with Gasteiger partial charge in [-0.1, -0.05) is 19.9 Å². The van der Waals surface area contributed by atoms with Crippen molar-refractivity contribution in [3.05, 3.63) is 23.9 Å². The average molecular weight is 365 g/mol. The highest BCUT2D eigenvalue weighted by Crippen LogP contribution is 2.16. The molecule has 1 heterocycles. The van der Waals surface area contributed by atoms with Gasteiger partial charge < -0.3 is 20.1 Å². The Morgan fingerprint density at radius 3 is 2.38 bits per heavy atom. The lowest BCUT2D eigenvalue weighted by atomic mass is 10.0. The number of carbonyl (C=O) groups is 3. The number of nitrogens with zero attached hydrogens (tertiary/aromatic N) is 1. The molecule has 8 nitrogen and oxygen atoms in total. The first kappa shape index (κ1) is 21.4. The normalized spacial score (nSPS) is 12.8. The van der Waals surface area contributed by atoms with E-state index in [4.69, 9.17) is 9.47 Å². The Hall–Kier alpha value is -2.64. The molecule has 0 aliphatic heterocycles. The molecule has 1 aromatic rings. The van der Waals surface area contributed by atoms with Crippen molar-refractivity contribution in [2.75, 3.05) is 14.2 Å². The fourth-order valence-electron chi connectivity index (χ4n) is 2.54. The van der Waals surface area contributed by atoms with E-state index in [0.717, 1.165) is 0 Å². The smallest absolute Gasteiger partial charge is 0.328 e. The average Bonchev–Trinajstić information content (AvgIpc) is 2.59. The Bertz CT molecular complexity index is 633. The summed E-state index contributed by atoms with van der Waals surface area (Å²) in [4.78, 5) is 40.2. The van der Waals surface area contributed by atoms with Gasteiger partial charge in [0.25, 0.3) is 0 Å². The number of ether oxygens (including phenoxy) is 2. The summed E-state index contributed by atoms with van der Waals surface area (Å²) in [5.41, 5.74) is 0.658. The third kappa shape index (κ3) is 6.70. The standard InChI is InChI=1S/C18H27N3O5/c1-11(2)9-14(20-12(3)22)16(23)21-15(18(24)26-5)10-13-7-6-8-19-17(13)25-4/h6-8,11,14-15H,9-10H2,1-5H3,(H,20,22)(H,21,23)/t14-,15+/m0/s1. The van der Waals surface area contributed by atoms with Crippen molar-refractivity contribution in [1.82, 2.24) is 15.6 Å². The Kier molecular flexibility index (Phi) is 8.54. The molecule has 0 aromatic carbocycles. The second-order valence-corrected chi connectivity index (χ2v) is 6.34. The fraction of sp³-hybridized carbons (Fsp3) is 0.556. The van der Waals surface area contributed by atoms with E-state index in [1.165, 1.54) is 21.1 Å². The molecule has 0 aliphatic rings. The van der Waals surface area contributed by atoms with E-state index in [1.807, 2.05) is 13.8 Å². The fourth-order valence-corrected chi connectivity index (χ4v) is 2.54. The molecule has 0 saturated heterocycles. The van der Waals surface area contributed by atoms with Crippen LogP contribution in [-0.4, -0.2) is 49.1 Å². The van der Waals surface area contributed by atoms with Gasteiger partial charge in [0.05, 0.1) is 14.2 Å². The molecule has 2 atom stereocenters. The van der Waals surface area contributed by atoms with Gasteiger partial charge in [0.2, 0.25) is 17.7 Å². The topological polar surface area (TPSA) is 107 Å². The van der Waals surface area contributed by atoms with Gasteiger partial charge in [-0.25, -0.2) is 9.78 Å². The van der Waals surface area contributed by atoms with Gasteiger partial charge in [0.1, 0.15) is 12.1 Å². The molecule has 0 radical (unpaired) electrons.